The molecule has 0 spiro atoms. The number of imidazole rings is 1. The van der Waals surface area contributed by atoms with Gasteiger partial charge in [-0.25, -0.2) is 9.13 Å². The lowest BCUT2D eigenvalue weighted by molar-refractivity contribution is -0.704. The number of rotatable bonds is 24. The van der Waals surface area contributed by atoms with E-state index in [9.17, 15) is 0 Å². The predicted molar refractivity (Wildman–Crippen MR) is 142 cm³/mol. The van der Waals surface area contributed by atoms with E-state index < -0.39 is 0 Å². The van der Waals surface area contributed by atoms with Crippen molar-refractivity contribution in [3.8, 4) is 0 Å². The molecule has 0 atom stereocenters. The molecule has 1 aromatic rings. The Hall–Kier alpha value is -0.790. The molecule has 2 nitrogen and oxygen atoms in total. The van der Waals surface area contributed by atoms with Crippen LogP contribution in [0, 0.1) is 0 Å². The molecule has 0 aliphatic carbocycles. The fourth-order valence-corrected chi connectivity index (χ4v) is 4.91. The van der Waals surface area contributed by atoms with Gasteiger partial charge in [-0.3, -0.25) is 0 Å². The highest BCUT2D eigenvalue weighted by Crippen LogP contribution is 2.13. The van der Waals surface area contributed by atoms with Crippen molar-refractivity contribution in [1.82, 2.24) is 4.57 Å². The first-order valence-corrected chi connectivity index (χ1v) is 14.9. The monoisotopic (exact) mass is 447 g/mol. The third kappa shape index (κ3) is 15.1. The summed E-state index contributed by atoms with van der Waals surface area (Å²) in [6.07, 6.45) is 35.5. The first-order valence-electron chi connectivity index (χ1n) is 14.9. The van der Waals surface area contributed by atoms with Crippen LogP contribution in [0.5, 0.6) is 0 Å². The summed E-state index contributed by atoms with van der Waals surface area (Å²) in [5.41, 5.74) is 0. The summed E-state index contributed by atoms with van der Waals surface area (Å²) in [6, 6.07) is 0. The van der Waals surface area contributed by atoms with Crippen LogP contribution >= 0.6 is 0 Å². The molecular weight excluding hydrogens is 388 g/mol. The number of hydrogen-bond donors (Lipinski definition) is 0. The fourth-order valence-electron chi connectivity index (χ4n) is 4.91. The average molecular weight is 448 g/mol. The molecule has 2 heteroatoms. The number of nitrogens with zero attached hydrogens (tertiary/aromatic N) is 2. The van der Waals surface area contributed by atoms with E-state index in [0.717, 1.165) is 0 Å². The Morgan fingerprint density at radius 1 is 0.531 bits per heavy atom. The number of aromatic nitrogens is 2. The topological polar surface area (TPSA) is 8.81 Å². The van der Waals surface area contributed by atoms with Crippen LogP contribution in [0.25, 0.3) is 0 Å². The van der Waals surface area contributed by atoms with Crippen molar-refractivity contribution in [3.05, 3.63) is 18.2 Å². The van der Waals surface area contributed by atoms with Crippen molar-refractivity contribution in [2.24, 2.45) is 0 Å². The van der Waals surface area contributed by atoms with E-state index in [1.54, 1.807) is 5.82 Å². The average Bonchev–Trinajstić information content (AvgIpc) is 3.19. The zero-order valence-electron chi connectivity index (χ0n) is 22.5. The molecule has 0 unspecified atom stereocenters. The molecule has 1 heterocycles. The number of hydrogen-bond acceptors (Lipinski definition) is 0. The smallest absolute Gasteiger partial charge is 0.234 e. The zero-order chi connectivity index (χ0) is 23.1. The Morgan fingerprint density at radius 2 is 0.969 bits per heavy atom. The Labute approximate surface area is 202 Å². The lowest BCUT2D eigenvalue weighted by atomic mass is 10.1. The van der Waals surface area contributed by atoms with Crippen LogP contribution in [0.4, 0.5) is 0 Å². The maximum absolute atomic E-state index is 2.60. The SMILES string of the molecule is CCCCCCCCCCCCC[n+]1ccn(CCCCCC)c1CCCCCCCC. The molecule has 0 saturated heterocycles. The van der Waals surface area contributed by atoms with Gasteiger partial charge in [-0.15, -0.1) is 0 Å². The summed E-state index contributed by atoms with van der Waals surface area (Å²) >= 11 is 0. The van der Waals surface area contributed by atoms with Crippen LogP contribution in [0.2, 0.25) is 0 Å². The molecule has 0 radical (unpaired) electrons. The summed E-state index contributed by atoms with van der Waals surface area (Å²) in [7, 11) is 0. The quantitative estimate of drug-likeness (QED) is 0.110. The highest BCUT2D eigenvalue weighted by molar-refractivity contribution is 4.84. The van der Waals surface area contributed by atoms with Gasteiger partial charge in [0.15, 0.2) is 0 Å². The van der Waals surface area contributed by atoms with Gasteiger partial charge in [-0.1, -0.05) is 124 Å². The molecule has 1 aromatic heterocycles. The van der Waals surface area contributed by atoms with Crippen molar-refractivity contribution in [3.63, 3.8) is 0 Å². The molecule has 0 amide bonds. The second-order valence-corrected chi connectivity index (χ2v) is 10.2. The summed E-state index contributed by atoms with van der Waals surface area (Å²) in [5.74, 6) is 1.60. The molecule has 0 aliphatic rings. The Bertz CT molecular complexity index is 505. The minimum absolute atomic E-state index is 1.22. The summed E-state index contributed by atoms with van der Waals surface area (Å²) in [5, 5.41) is 0. The van der Waals surface area contributed by atoms with Crippen molar-refractivity contribution in [1.29, 1.82) is 0 Å². The largest absolute Gasteiger partial charge is 0.256 e. The van der Waals surface area contributed by atoms with E-state index in [0.29, 0.717) is 0 Å². The number of unbranched alkanes of at least 4 members (excludes halogenated alkanes) is 18. The summed E-state index contributed by atoms with van der Waals surface area (Å²) in [6.45, 7) is 9.36. The third-order valence-electron chi connectivity index (χ3n) is 7.10. The maximum Gasteiger partial charge on any atom is 0.256 e. The Morgan fingerprint density at radius 3 is 1.50 bits per heavy atom. The second-order valence-electron chi connectivity index (χ2n) is 10.2. The van der Waals surface area contributed by atoms with Gasteiger partial charge in [0.2, 0.25) is 0 Å². The standard InChI is InChI=1S/C30H59N2/c1-4-7-10-13-15-16-17-18-19-21-24-27-32-29-28-31(26-23-12-9-6-3)30(32)25-22-20-14-11-8-5-2/h28-29H,4-27H2,1-3H3/q+1. The molecule has 0 fully saturated rings. The zero-order valence-corrected chi connectivity index (χ0v) is 22.5. The van der Waals surface area contributed by atoms with E-state index in [2.05, 4.69) is 42.3 Å². The lowest BCUT2D eigenvalue weighted by Gasteiger charge is -2.07. The van der Waals surface area contributed by atoms with E-state index in [4.69, 9.17) is 0 Å². The molecule has 0 aliphatic heterocycles. The molecule has 32 heavy (non-hydrogen) atoms. The van der Waals surface area contributed by atoms with Gasteiger partial charge in [0.05, 0.1) is 13.1 Å². The van der Waals surface area contributed by atoms with Crippen LogP contribution in [-0.4, -0.2) is 4.57 Å². The van der Waals surface area contributed by atoms with Gasteiger partial charge in [-0.05, 0) is 32.1 Å². The first-order chi connectivity index (χ1) is 15.8. The van der Waals surface area contributed by atoms with Crippen LogP contribution in [0.15, 0.2) is 12.4 Å². The second kappa shape index (κ2) is 22.0. The Balaban J connectivity index is 2.29. The predicted octanol–water partition coefficient (Wildman–Crippen LogP) is 9.57. The van der Waals surface area contributed by atoms with Crippen molar-refractivity contribution in [2.45, 2.75) is 175 Å². The molecule has 0 bridgehead atoms. The van der Waals surface area contributed by atoms with Crippen LogP contribution in [-0.2, 0) is 19.5 Å². The molecule has 0 N–H and O–H groups in total. The summed E-state index contributed by atoms with van der Waals surface area (Å²) in [4.78, 5) is 0. The van der Waals surface area contributed by atoms with Gasteiger partial charge in [-0.2, -0.15) is 0 Å². The molecule has 0 aromatic carbocycles. The van der Waals surface area contributed by atoms with Crippen LogP contribution in [0.3, 0.4) is 0 Å². The summed E-state index contributed by atoms with van der Waals surface area (Å²) < 4.78 is 5.18. The minimum atomic E-state index is 1.22. The molecule has 188 valence electrons. The lowest BCUT2D eigenvalue weighted by Crippen LogP contribution is -2.37. The normalized spacial score (nSPS) is 11.5. The van der Waals surface area contributed by atoms with E-state index in [1.807, 2.05) is 0 Å². The van der Waals surface area contributed by atoms with Gasteiger partial charge >= 0.3 is 0 Å². The van der Waals surface area contributed by atoms with E-state index in [1.165, 1.54) is 154 Å². The van der Waals surface area contributed by atoms with Crippen LogP contribution in [0.1, 0.15) is 161 Å². The van der Waals surface area contributed by atoms with Crippen molar-refractivity contribution >= 4 is 0 Å². The molecular formula is C30H59N2+. The molecule has 0 saturated carbocycles. The van der Waals surface area contributed by atoms with Gasteiger partial charge in [0.1, 0.15) is 12.4 Å². The number of aryl methyl sites for hydroxylation is 2. The molecule has 1 rings (SSSR count). The van der Waals surface area contributed by atoms with Crippen molar-refractivity contribution < 1.29 is 4.57 Å². The highest BCUT2D eigenvalue weighted by Gasteiger charge is 2.16. The van der Waals surface area contributed by atoms with E-state index >= 15 is 0 Å². The van der Waals surface area contributed by atoms with Gasteiger partial charge in [0, 0.05) is 6.42 Å². The maximum atomic E-state index is 2.60. The van der Waals surface area contributed by atoms with Crippen molar-refractivity contribution in [2.75, 3.05) is 0 Å². The fraction of sp³-hybridized carbons (Fsp3) is 0.900. The minimum Gasteiger partial charge on any atom is -0.234 e. The highest BCUT2D eigenvalue weighted by atomic mass is 15.1. The third-order valence-corrected chi connectivity index (χ3v) is 7.10. The van der Waals surface area contributed by atoms with Crippen LogP contribution < -0.4 is 4.57 Å². The van der Waals surface area contributed by atoms with E-state index in [-0.39, 0.29) is 0 Å². The van der Waals surface area contributed by atoms with Gasteiger partial charge in [0.25, 0.3) is 5.82 Å². The first kappa shape index (κ1) is 29.2. The Kier molecular flexibility index (Phi) is 20.1. The van der Waals surface area contributed by atoms with Gasteiger partial charge < -0.3 is 0 Å².